The summed E-state index contributed by atoms with van der Waals surface area (Å²) in [5.74, 6) is 1.23. The molecule has 4 aromatic heterocycles. The van der Waals surface area contributed by atoms with Crippen molar-refractivity contribution in [1.82, 2.24) is 24.6 Å². The summed E-state index contributed by atoms with van der Waals surface area (Å²) >= 11 is 0. The van der Waals surface area contributed by atoms with Crippen LogP contribution in [0.15, 0.2) is 36.8 Å². The summed E-state index contributed by atoms with van der Waals surface area (Å²) < 4.78 is 15.6. The van der Waals surface area contributed by atoms with E-state index in [9.17, 15) is 14.3 Å². The maximum atomic E-state index is 13.9. The van der Waals surface area contributed by atoms with Crippen molar-refractivity contribution in [2.24, 2.45) is 29.6 Å². The lowest BCUT2D eigenvalue weighted by Gasteiger charge is -2.60. The first-order valence-corrected chi connectivity index (χ1v) is 11.6. The van der Waals surface area contributed by atoms with Gasteiger partial charge < -0.3 is 15.4 Å². The van der Waals surface area contributed by atoms with E-state index < -0.39 is 17.7 Å². The largest absolute Gasteiger partial charge is 0.481 e. The number of hydrogen-bond acceptors (Lipinski definition) is 5. The number of carbonyl (C=O) groups is 1. The molecule has 2 bridgehead atoms. The fourth-order valence-corrected chi connectivity index (χ4v) is 6.86. The molecule has 4 fully saturated rings. The van der Waals surface area contributed by atoms with Gasteiger partial charge in [0.1, 0.15) is 17.0 Å². The number of nitrogens with one attached hydrogen (secondary N) is 2. The Morgan fingerprint density at radius 1 is 1.18 bits per heavy atom. The van der Waals surface area contributed by atoms with Crippen LogP contribution in [0.25, 0.3) is 27.9 Å². The van der Waals surface area contributed by atoms with Gasteiger partial charge in [0.05, 0.1) is 12.1 Å². The van der Waals surface area contributed by atoms with Crippen molar-refractivity contribution in [3.8, 4) is 11.4 Å². The molecule has 2 unspecified atom stereocenters. The number of rotatable bonds is 4. The van der Waals surface area contributed by atoms with E-state index in [1.54, 1.807) is 10.7 Å². The zero-order chi connectivity index (χ0) is 22.3. The highest BCUT2D eigenvalue weighted by atomic mass is 19.1. The third-order valence-electron chi connectivity index (χ3n) is 8.34. The van der Waals surface area contributed by atoms with E-state index in [2.05, 4.69) is 20.4 Å². The van der Waals surface area contributed by atoms with Gasteiger partial charge in [-0.2, -0.15) is 0 Å². The number of halogens is 1. The lowest BCUT2D eigenvalue weighted by molar-refractivity contribution is -0.160. The quantitative estimate of drug-likeness (QED) is 0.438. The summed E-state index contributed by atoms with van der Waals surface area (Å²) in [6, 6.07) is 5.07. The maximum Gasteiger partial charge on any atom is 0.308 e. The highest BCUT2D eigenvalue weighted by Crippen LogP contribution is 2.60. The smallest absolute Gasteiger partial charge is 0.308 e. The third kappa shape index (κ3) is 2.68. The first kappa shape index (κ1) is 19.0. The van der Waals surface area contributed by atoms with Gasteiger partial charge in [-0.3, -0.25) is 4.79 Å². The number of H-pyrrole nitrogens is 1. The van der Waals surface area contributed by atoms with Crippen LogP contribution in [-0.4, -0.2) is 41.7 Å². The Hall–Kier alpha value is -3.49. The van der Waals surface area contributed by atoms with Crippen LogP contribution in [0.4, 0.5) is 10.2 Å². The Kier molecular flexibility index (Phi) is 3.89. The van der Waals surface area contributed by atoms with Crippen LogP contribution in [0.1, 0.15) is 25.7 Å². The molecule has 0 aliphatic heterocycles. The van der Waals surface area contributed by atoms with Gasteiger partial charge in [0, 0.05) is 29.4 Å². The zero-order valence-electron chi connectivity index (χ0n) is 17.8. The monoisotopic (exact) mass is 446 g/mol. The van der Waals surface area contributed by atoms with Crippen molar-refractivity contribution >= 4 is 28.3 Å². The van der Waals surface area contributed by atoms with Gasteiger partial charge in [0.25, 0.3) is 0 Å². The van der Waals surface area contributed by atoms with Gasteiger partial charge >= 0.3 is 5.97 Å². The van der Waals surface area contributed by atoms with E-state index in [-0.39, 0.29) is 12.0 Å². The average molecular weight is 446 g/mol. The molecule has 0 spiro atoms. The molecule has 0 amide bonds. The highest BCUT2D eigenvalue weighted by molar-refractivity contribution is 5.92. The van der Waals surface area contributed by atoms with E-state index in [1.165, 1.54) is 18.7 Å². The Balaban J connectivity index is 1.33. The standard InChI is InChI=1S/C24H23FN6O2/c25-11-8-16-17(10-27-21(16)26-9-11)22-29-23(18-2-1-7-31(18)30-22)28-20-15-6-5-14(19(20)24(32)33)12-3-4-13(12)15/h1-2,7-10,12-15,19-20H,3-6H2,(H,26,27)(H,32,33)(H,28,29,30)/t12?,13?,14-,15+,19-,20-/m0/s1. The van der Waals surface area contributed by atoms with Crippen molar-refractivity contribution in [3.05, 3.63) is 42.6 Å². The Morgan fingerprint density at radius 3 is 2.79 bits per heavy atom. The van der Waals surface area contributed by atoms with Gasteiger partial charge in [-0.1, -0.05) is 0 Å². The number of carboxylic acid groups (broad SMARTS) is 1. The van der Waals surface area contributed by atoms with Gasteiger partial charge in [0.15, 0.2) is 11.6 Å². The second-order valence-electron chi connectivity index (χ2n) is 9.72. The van der Waals surface area contributed by atoms with E-state index in [0.29, 0.717) is 46.0 Å². The summed E-state index contributed by atoms with van der Waals surface area (Å²) in [4.78, 5) is 24.3. The lowest BCUT2D eigenvalue weighted by Crippen LogP contribution is -2.61. The van der Waals surface area contributed by atoms with E-state index in [1.807, 2.05) is 18.3 Å². The molecule has 6 atom stereocenters. The van der Waals surface area contributed by atoms with Crippen molar-refractivity contribution in [2.75, 3.05) is 5.32 Å². The maximum absolute atomic E-state index is 13.9. The summed E-state index contributed by atoms with van der Waals surface area (Å²) in [7, 11) is 0. The van der Waals surface area contributed by atoms with Crippen LogP contribution in [0.5, 0.6) is 0 Å². The van der Waals surface area contributed by atoms with Crippen molar-refractivity contribution in [1.29, 1.82) is 0 Å². The van der Waals surface area contributed by atoms with Crippen molar-refractivity contribution < 1.29 is 14.3 Å². The van der Waals surface area contributed by atoms with Gasteiger partial charge in [-0.05, 0) is 67.6 Å². The Labute approximate surface area is 188 Å². The van der Waals surface area contributed by atoms with Gasteiger partial charge in [0.2, 0.25) is 0 Å². The molecule has 168 valence electrons. The molecular formula is C24H23FN6O2. The van der Waals surface area contributed by atoms with Crippen LogP contribution < -0.4 is 5.32 Å². The van der Waals surface area contributed by atoms with Crippen LogP contribution in [0.3, 0.4) is 0 Å². The molecule has 4 heterocycles. The number of pyridine rings is 1. The SMILES string of the molecule is O=C(O)[C@@H]1[C@@H](Nc2nc(-c3c[nH]c4ncc(F)cc34)nn3cccc23)[C@@H]2CC[C@H]1C1CCC12. The topological polar surface area (TPSA) is 108 Å². The second kappa shape index (κ2) is 6.76. The molecule has 4 aromatic rings. The molecule has 4 saturated carbocycles. The van der Waals surface area contributed by atoms with Gasteiger partial charge in [-0.15, -0.1) is 5.10 Å². The van der Waals surface area contributed by atoms with E-state index in [0.717, 1.165) is 24.8 Å². The minimum Gasteiger partial charge on any atom is -0.481 e. The molecule has 33 heavy (non-hydrogen) atoms. The second-order valence-corrected chi connectivity index (χ2v) is 9.72. The fourth-order valence-electron chi connectivity index (χ4n) is 6.86. The Morgan fingerprint density at radius 2 is 1.97 bits per heavy atom. The Bertz CT molecular complexity index is 1410. The molecule has 8 rings (SSSR count). The number of aromatic nitrogens is 5. The molecule has 0 aromatic carbocycles. The third-order valence-corrected chi connectivity index (χ3v) is 8.34. The molecule has 8 nitrogen and oxygen atoms in total. The minimum atomic E-state index is -0.716. The van der Waals surface area contributed by atoms with E-state index >= 15 is 0 Å². The molecule has 3 N–H and O–H groups in total. The fraction of sp³-hybridized carbons (Fsp3) is 0.417. The van der Waals surface area contributed by atoms with Crippen molar-refractivity contribution in [3.63, 3.8) is 0 Å². The number of carboxylic acids is 1. The summed E-state index contributed by atoms with van der Waals surface area (Å²) in [6.45, 7) is 0. The minimum absolute atomic E-state index is 0.161. The number of anilines is 1. The zero-order valence-corrected chi connectivity index (χ0v) is 17.8. The van der Waals surface area contributed by atoms with Crippen LogP contribution >= 0.6 is 0 Å². The predicted octanol–water partition coefficient (Wildman–Crippen LogP) is 3.96. The molecule has 0 saturated heterocycles. The molecule has 4 aliphatic carbocycles. The van der Waals surface area contributed by atoms with Crippen LogP contribution in [0.2, 0.25) is 0 Å². The summed E-state index contributed by atoms with van der Waals surface area (Å²) in [5, 5.41) is 18.9. The summed E-state index contributed by atoms with van der Waals surface area (Å²) in [6.07, 6.45) is 9.16. The number of aromatic amines is 1. The molecule has 9 heteroatoms. The van der Waals surface area contributed by atoms with Crippen LogP contribution in [-0.2, 0) is 4.79 Å². The van der Waals surface area contributed by atoms with Gasteiger partial charge in [-0.25, -0.2) is 18.9 Å². The van der Waals surface area contributed by atoms with Crippen molar-refractivity contribution in [2.45, 2.75) is 31.7 Å². The van der Waals surface area contributed by atoms with Crippen LogP contribution in [0, 0.1) is 35.4 Å². The highest BCUT2D eigenvalue weighted by Gasteiger charge is 2.59. The summed E-state index contributed by atoms with van der Waals surface area (Å²) in [5.41, 5.74) is 2.00. The number of fused-ring (bicyclic) bond motifs is 4. The first-order valence-electron chi connectivity index (χ1n) is 11.6. The number of aliphatic carboxylic acids is 1. The first-order chi connectivity index (χ1) is 16.1. The average Bonchev–Trinajstić information content (AvgIpc) is 3.40. The molecule has 4 aliphatic rings. The van der Waals surface area contributed by atoms with E-state index in [4.69, 9.17) is 4.98 Å². The number of hydrogen-bond donors (Lipinski definition) is 3. The normalized spacial score (nSPS) is 30.3. The predicted molar refractivity (Wildman–Crippen MR) is 119 cm³/mol. The molecule has 0 radical (unpaired) electrons. The number of nitrogens with zero attached hydrogens (tertiary/aromatic N) is 4. The molecular weight excluding hydrogens is 423 g/mol. The lowest BCUT2D eigenvalue weighted by atomic mass is 9.46.